The SMILES string of the molecule is Cc1cc(C)c(N2C(=O)[C@@H]3[C@H](C2=O)[C@H]2C=C[C@H]3O2)c(C)c1. The molecule has 2 bridgehead atoms. The Morgan fingerprint density at radius 3 is 1.86 bits per heavy atom. The maximum atomic E-state index is 12.8. The number of amides is 2. The summed E-state index contributed by atoms with van der Waals surface area (Å²) in [6, 6.07) is 4.03. The molecule has 0 aromatic heterocycles. The van der Waals surface area contributed by atoms with E-state index in [0.29, 0.717) is 0 Å². The van der Waals surface area contributed by atoms with Crippen molar-refractivity contribution in [1.29, 1.82) is 0 Å². The van der Waals surface area contributed by atoms with Crippen LogP contribution in [0.1, 0.15) is 16.7 Å². The highest BCUT2D eigenvalue weighted by atomic mass is 16.5. The third-order valence-electron chi connectivity index (χ3n) is 4.77. The number of aryl methyl sites for hydroxylation is 3. The standard InChI is InChI=1S/C17H17NO3/c1-8-6-9(2)15(10(3)7-8)18-16(19)13-11-4-5-12(21-11)14(13)17(18)20/h4-7,11-14H,1-3H3/t11-,12-,13-,14+/m1/s1. The van der Waals surface area contributed by atoms with Gasteiger partial charge in [-0.05, 0) is 31.9 Å². The molecule has 1 aromatic carbocycles. The van der Waals surface area contributed by atoms with Gasteiger partial charge in [0.05, 0.1) is 29.7 Å². The Kier molecular flexibility index (Phi) is 2.46. The maximum absolute atomic E-state index is 12.8. The molecule has 0 spiro atoms. The van der Waals surface area contributed by atoms with Gasteiger partial charge in [0, 0.05) is 0 Å². The predicted molar refractivity (Wildman–Crippen MR) is 77.9 cm³/mol. The van der Waals surface area contributed by atoms with Crippen molar-refractivity contribution in [1.82, 2.24) is 0 Å². The van der Waals surface area contributed by atoms with E-state index in [1.54, 1.807) is 0 Å². The molecule has 3 aliphatic rings. The highest BCUT2D eigenvalue weighted by Crippen LogP contribution is 2.47. The third-order valence-corrected chi connectivity index (χ3v) is 4.77. The predicted octanol–water partition coefficient (Wildman–Crippen LogP) is 2.05. The van der Waals surface area contributed by atoms with Gasteiger partial charge in [0.1, 0.15) is 0 Å². The number of imide groups is 1. The van der Waals surface area contributed by atoms with Gasteiger partial charge in [-0.25, -0.2) is 4.90 Å². The molecule has 4 rings (SSSR count). The number of carbonyl (C=O) groups is 2. The van der Waals surface area contributed by atoms with Crippen molar-refractivity contribution in [3.8, 4) is 0 Å². The first-order valence-electron chi connectivity index (χ1n) is 7.28. The second-order valence-corrected chi connectivity index (χ2v) is 6.26. The molecule has 2 amide bonds. The van der Waals surface area contributed by atoms with Gasteiger partial charge in [0.15, 0.2) is 0 Å². The van der Waals surface area contributed by atoms with Crippen LogP contribution in [0.3, 0.4) is 0 Å². The molecule has 1 aromatic rings. The number of rotatable bonds is 1. The molecule has 0 aliphatic carbocycles. The number of nitrogens with zero attached hydrogens (tertiary/aromatic N) is 1. The molecule has 0 saturated carbocycles. The maximum Gasteiger partial charge on any atom is 0.240 e. The lowest BCUT2D eigenvalue weighted by Gasteiger charge is -2.22. The Hall–Kier alpha value is -1.94. The Morgan fingerprint density at radius 2 is 1.38 bits per heavy atom. The van der Waals surface area contributed by atoms with Crippen LogP contribution in [0.2, 0.25) is 0 Å². The quantitative estimate of drug-likeness (QED) is 0.585. The van der Waals surface area contributed by atoms with Gasteiger partial charge in [-0.1, -0.05) is 29.8 Å². The van der Waals surface area contributed by atoms with Gasteiger partial charge in [-0.2, -0.15) is 0 Å². The summed E-state index contributed by atoms with van der Waals surface area (Å²) in [4.78, 5) is 26.9. The van der Waals surface area contributed by atoms with E-state index in [0.717, 1.165) is 22.4 Å². The van der Waals surface area contributed by atoms with Gasteiger partial charge < -0.3 is 4.74 Å². The molecule has 3 aliphatic heterocycles. The molecule has 4 heteroatoms. The third kappa shape index (κ3) is 1.54. The first-order chi connectivity index (χ1) is 9.99. The zero-order valence-electron chi connectivity index (χ0n) is 12.3. The van der Waals surface area contributed by atoms with E-state index in [-0.39, 0.29) is 35.9 Å². The Labute approximate surface area is 123 Å². The van der Waals surface area contributed by atoms with Crippen LogP contribution in [0, 0.1) is 32.6 Å². The minimum atomic E-state index is -0.340. The van der Waals surface area contributed by atoms with Gasteiger partial charge >= 0.3 is 0 Å². The van der Waals surface area contributed by atoms with E-state index in [1.807, 2.05) is 45.1 Å². The summed E-state index contributed by atoms with van der Waals surface area (Å²) in [5.74, 6) is -0.908. The van der Waals surface area contributed by atoms with Crippen molar-refractivity contribution in [2.75, 3.05) is 4.90 Å². The molecule has 108 valence electrons. The number of carbonyl (C=O) groups excluding carboxylic acids is 2. The van der Waals surface area contributed by atoms with E-state index in [9.17, 15) is 9.59 Å². The topological polar surface area (TPSA) is 46.6 Å². The summed E-state index contributed by atoms with van der Waals surface area (Å²) in [5, 5.41) is 0. The highest BCUT2D eigenvalue weighted by Gasteiger charge is 2.61. The first-order valence-corrected chi connectivity index (χ1v) is 7.28. The number of ether oxygens (including phenoxy) is 1. The highest BCUT2D eigenvalue weighted by molar-refractivity contribution is 6.23. The van der Waals surface area contributed by atoms with Gasteiger partial charge in [0.25, 0.3) is 0 Å². The lowest BCUT2D eigenvalue weighted by molar-refractivity contribution is -0.124. The van der Waals surface area contributed by atoms with E-state index < -0.39 is 0 Å². The Balaban J connectivity index is 1.82. The smallest absolute Gasteiger partial charge is 0.240 e. The Morgan fingerprint density at radius 1 is 0.905 bits per heavy atom. The molecular formula is C17H17NO3. The van der Waals surface area contributed by atoms with Crippen molar-refractivity contribution in [2.45, 2.75) is 33.0 Å². The van der Waals surface area contributed by atoms with Crippen LogP contribution in [0.25, 0.3) is 0 Å². The normalized spacial score (nSPS) is 33.2. The van der Waals surface area contributed by atoms with Crippen molar-refractivity contribution in [3.63, 3.8) is 0 Å². The summed E-state index contributed by atoms with van der Waals surface area (Å²) in [7, 11) is 0. The van der Waals surface area contributed by atoms with Crippen LogP contribution in [0.15, 0.2) is 24.3 Å². The van der Waals surface area contributed by atoms with Crippen LogP contribution in [0.4, 0.5) is 5.69 Å². The van der Waals surface area contributed by atoms with Crippen LogP contribution in [0.5, 0.6) is 0 Å². The van der Waals surface area contributed by atoms with Crippen molar-refractivity contribution in [2.24, 2.45) is 11.8 Å². The van der Waals surface area contributed by atoms with Gasteiger partial charge in [-0.3, -0.25) is 9.59 Å². The summed E-state index contributed by atoms with van der Waals surface area (Å²) in [5.41, 5.74) is 3.83. The Bertz CT molecular complexity index is 653. The van der Waals surface area contributed by atoms with Crippen LogP contribution >= 0.6 is 0 Å². The van der Waals surface area contributed by atoms with E-state index >= 15 is 0 Å². The summed E-state index contributed by atoms with van der Waals surface area (Å²) in [6.07, 6.45) is 3.37. The molecule has 0 radical (unpaired) electrons. The second-order valence-electron chi connectivity index (χ2n) is 6.26. The van der Waals surface area contributed by atoms with Crippen molar-refractivity contribution < 1.29 is 14.3 Å². The fraction of sp³-hybridized carbons (Fsp3) is 0.412. The second kappa shape index (κ2) is 4.04. The average molecular weight is 283 g/mol. The monoisotopic (exact) mass is 283 g/mol. The van der Waals surface area contributed by atoms with Crippen LogP contribution in [-0.4, -0.2) is 24.0 Å². The summed E-state index contributed by atoms with van der Waals surface area (Å²) < 4.78 is 5.66. The molecule has 3 heterocycles. The lowest BCUT2D eigenvalue weighted by Crippen LogP contribution is -2.35. The molecular weight excluding hydrogens is 266 g/mol. The van der Waals surface area contributed by atoms with Crippen molar-refractivity contribution in [3.05, 3.63) is 41.0 Å². The zero-order valence-corrected chi connectivity index (χ0v) is 12.3. The zero-order chi connectivity index (χ0) is 14.9. The number of hydrogen-bond donors (Lipinski definition) is 0. The molecule has 2 saturated heterocycles. The largest absolute Gasteiger partial charge is 0.365 e. The minimum Gasteiger partial charge on any atom is -0.365 e. The van der Waals surface area contributed by atoms with Crippen molar-refractivity contribution >= 4 is 17.5 Å². The van der Waals surface area contributed by atoms with E-state index in [1.165, 1.54) is 4.90 Å². The number of fused-ring (bicyclic) bond motifs is 5. The molecule has 4 atom stereocenters. The first kappa shape index (κ1) is 12.8. The summed E-state index contributed by atoms with van der Waals surface area (Å²) >= 11 is 0. The van der Waals surface area contributed by atoms with Crippen LogP contribution < -0.4 is 4.90 Å². The van der Waals surface area contributed by atoms with Crippen LogP contribution in [-0.2, 0) is 14.3 Å². The fourth-order valence-electron chi connectivity index (χ4n) is 4.05. The molecule has 0 N–H and O–H groups in total. The van der Waals surface area contributed by atoms with E-state index in [4.69, 9.17) is 4.74 Å². The molecule has 0 unspecified atom stereocenters. The molecule has 4 nitrogen and oxygen atoms in total. The van der Waals surface area contributed by atoms with Gasteiger partial charge in [0.2, 0.25) is 11.8 Å². The molecule has 21 heavy (non-hydrogen) atoms. The lowest BCUT2D eigenvalue weighted by atomic mass is 9.85. The minimum absolute atomic E-state index is 0.114. The average Bonchev–Trinajstić information content (AvgIpc) is 3.06. The number of benzene rings is 1. The fourth-order valence-corrected chi connectivity index (χ4v) is 4.05. The number of hydrogen-bond acceptors (Lipinski definition) is 3. The van der Waals surface area contributed by atoms with E-state index in [2.05, 4.69) is 0 Å². The number of anilines is 1. The molecule has 2 fully saturated rings. The summed E-state index contributed by atoms with van der Waals surface area (Å²) in [6.45, 7) is 5.92. The van der Waals surface area contributed by atoms with Gasteiger partial charge in [-0.15, -0.1) is 0 Å².